The van der Waals surface area contributed by atoms with Gasteiger partial charge in [-0.2, -0.15) is 0 Å². The molecule has 1 heteroatoms. The first-order valence-electron chi connectivity index (χ1n) is 13.6. The summed E-state index contributed by atoms with van der Waals surface area (Å²) in [7, 11) is 2.17. The lowest BCUT2D eigenvalue weighted by atomic mass is 9.54. The van der Waals surface area contributed by atoms with Crippen molar-refractivity contribution in [1.29, 1.82) is 0 Å². The summed E-state index contributed by atoms with van der Waals surface area (Å²) in [4.78, 5) is 0. The van der Waals surface area contributed by atoms with Crippen molar-refractivity contribution in [2.45, 2.75) is 70.6 Å². The largest absolute Gasteiger partial charge is 0.213 e. The van der Waals surface area contributed by atoms with E-state index < -0.39 is 0 Å². The molecule has 1 aromatic heterocycles. The standard InChI is InChI=1S/C35H38N/c1-24-13-7-8-14-27(24)33-22-28(25(2)23-36(33)5)26-17-18-30-32(21-26)35(19-11-6-12-20-35)31-16-10-9-15-29(31)34(30,3)4/h7-10,13-18,21-23H,6,11-12,19-20H2,1-5H3/q+1. The molecule has 4 aromatic rings. The first kappa shape index (κ1) is 23.2. The van der Waals surface area contributed by atoms with Gasteiger partial charge in [0.1, 0.15) is 7.05 Å². The van der Waals surface area contributed by atoms with Gasteiger partial charge >= 0.3 is 0 Å². The Hall–Kier alpha value is -3.19. The molecule has 0 unspecified atom stereocenters. The topological polar surface area (TPSA) is 3.88 Å². The molecule has 0 aliphatic heterocycles. The van der Waals surface area contributed by atoms with Crippen LogP contribution >= 0.6 is 0 Å². The highest BCUT2D eigenvalue weighted by Gasteiger charge is 2.47. The van der Waals surface area contributed by atoms with Crippen LogP contribution in [0.5, 0.6) is 0 Å². The lowest BCUT2D eigenvalue weighted by molar-refractivity contribution is -0.660. The summed E-state index contributed by atoms with van der Waals surface area (Å²) in [5.74, 6) is 0. The number of hydrogen-bond donors (Lipinski definition) is 0. The van der Waals surface area contributed by atoms with Gasteiger partial charge in [-0.05, 0) is 77.8 Å². The van der Waals surface area contributed by atoms with E-state index in [0.717, 1.165) is 0 Å². The molecule has 3 aromatic carbocycles. The fraction of sp³-hybridized carbons (Fsp3) is 0.343. The Morgan fingerprint density at radius 1 is 0.639 bits per heavy atom. The number of hydrogen-bond acceptors (Lipinski definition) is 0. The van der Waals surface area contributed by atoms with Crippen LogP contribution in [-0.2, 0) is 17.9 Å². The molecule has 0 N–H and O–H groups in total. The quantitative estimate of drug-likeness (QED) is 0.258. The number of aryl methyl sites for hydroxylation is 3. The molecule has 0 bridgehead atoms. The maximum absolute atomic E-state index is 2.57. The van der Waals surface area contributed by atoms with E-state index in [9.17, 15) is 0 Å². The van der Waals surface area contributed by atoms with Crippen LogP contribution in [0.2, 0.25) is 0 Å². The van der Waals surface area contributed by atoms with Crippen LogP contribution in [-0.4, -0.2) is 0 Å². The fourth-order valence-electron chi connectivity index (χ4n) is 7.30. The van der Waals surface area contributed by atoms with Crippen molar-refractivity contribution in [1.82, 2.24) is 0 Å². The van der Waals surface area contributed by atoms with Gasteiger partial charge in [0.25, 0.3) is 0 Å². The Labute approximate surface area is 216 Å². The summed E-state index contributed by atoms with van der Waals surface area (Å²) in [6.45, 7) is 9.31. The van der Waals surface area contributed by atoms with Crippen molar-refractivity contribution in [2.75, 3.05) is 0 Å². The van der Waals surface area contributed by atoms with E-state index in [0.29, 0.717) is 0 Å². The van der Waals surface area contributed by atoms with Crippen molar-refractivity contribution >= 4 is 0 Å². The van der Waals surface area contributed by atoms with Crippen LogP contribution in [0.25, 0.3) is 22.4 Å². The van der Waals surface area contributed by atoms with Crippen LogP contribution in [0.4, 0.5) is 0 Å². The van der Waals surface area contributed by atoms with E-state index in [1.807, 2.05) is 0 Å². The first-order chi connectivity index (χ1) is 17.3. The second-order valence-electron chi connectivity index (χ2n) is 11.8. The molecule has 1 saturated carbocycles. The molecule has 6 rings (SSSR count). The first-order valence-corrected chi connectivity index (χ1v) is 13.6. The number of rotatable bonds is 2. The van der Waals surface area contributed by atoms with Gasteiger partial charge in [0.2, 0.25) is 5.69 Å². The molecule has 1 heterocycles. The molecule has 1 nitrogen and oxygen atoms in total. The summed E-state index contributed by atoms with van der Waals surface area (Å²) in [6, 6.07) is 27.9. The molecule has 1 fully saturated rings. The van der Waals surface area contributed by atoms with Crippen molar-refractivity contribution in [3.63, 3.8) is 0 Å². The minimum Gasteiger partial charge on any atom is -0.201 e. The predicted octanol–water partition coefficient (Wildman–Crippen LogP) is 8.35. The molecule has 2 aliphatic carbocycles. The van der Waals surface area contributed by atoms with Crippen LogP contribution in [0.15, 0.2) is 79.0 Å². The zero-order valence-corrected chi connectivity index (χ0v) is 22.5. The van der Waals surface area contributed by atoms with Gasteiger partial charge < -0.3 is 0 Å². The average molecular weight is 473 g/mol. The molecular formula is C35H38N+. The number of aromatic nitrogens is 1. The fourth-order valence-corrected chi connectivity index (χ4v) is 7.30. The molecule has 0 atom stereocenters. The summed E-state index contributed by atoms with van der Waals surface area (Å²) in [6.07, 6.45) is 8.80. The van der Waals surface area contributed by atoms with E-state index >= 15 is 0 Å². The SMILES string of the molecule is Cc1c[n+](C)c(-c2ccccc2C)cc1-c1ccc2c(c1)C1(CCCCC1)c1ccccc1C2(C)C. The van der Waals surface area contributed by atoms with Crippen molar-refractivity contribution in [3.8, 4) is 22.4 Å². The normalized spacial score (nSPS) is 17.5. The van der Waals surface area contributed by atoms with E-state index in [1.54, 1.807) is 11.1 Å². The van der Waals surface area contributed by atoms with Gasteiger partial charge in [-0.3, -0.25) is 0 Å². The molecule has 2 aliphatic rings. The van der Waals surface area contributed by atoms with Gasteiger partial charge in [0.05, 0.1) is 0 Å². The van der Waals surface area contributed by atoms with Crippen LogP contribution in [0.1, 0.15) is 79.3 Å². The van der Waals surface area contributed by atoms with Crippen LogP contribution < -0.4 is 4.57 Å². The lowest BCUT2D eigenvalue weighted by Gasteiger charge is -2.49. The molecule has 0 saturated heterocycles. The minimum atomic E-state index is 0.0115. The molecule has 0 amide bonds. The molecular weight excluding hydrogens is 434 g/mol. The average Bonchev–Trinajstić information content (AvgIpc) is 2.89. The Kier molecular flexibility index (Phi) is 5.45. The van der Waals surface area contributed by atoms with Crippen molar-refractivity contribution < 1.29 is 4.57 Å². The van der Waals surface area contributed by atoms with Crippen molar-refractivity contribution in [3.05, 3.63) is 112 Å². The number of benzene rings is 3. The Morgan fingerprint density at radius 2 is 1.31 bits per heavy atom. The molecule has 1 spiro atoms. The monoisotopic (exact) mass is 472 g/mol. The number of pyridine rings is 1. The van der Waals surface area contributed by atoms with Gasteiger partial charge in [-0.15, -0.1) is 0 Å². The highest BCUT2D eigenvalue weighted by Crippen LogP contribution is 2.56. The zero-order valence-electron chi connectivity index (χ0n) is 22.5. The second kappa shape index (κ2) is 8.44. The Balaban J connectivity index is 1.58. The maximum atomic E-state index is 2.57. The highest BCUT2D eigenvalue weighted by atomic mass is 14.9. The third-order valence-corrected chi connectivity index (χ3v) is 9.24. The maximum Gasteiger partial charge on any atom is 0.213 e. The Bertz CT molecular complexity index is 1470. The van der Waals surface area contributed by atoms with E-state index in [4.69, 9.17) is 0 Å². The van der Waals surface area contributed by atoms with E-state index in [1.165, 1.54) is 76.7 Å². The van der Waals surface area contributed by atoms with Crippen molar-refractivity contribution in [2.24, 2.45) is 7.05 Å². The minimum absolute atomic E-state index is 0.0115. The molecule has 0 radical (unpaired) electrons. The smallest absolute Gasteiger partial charge is 0.201 e. The summed E-state index contributed by atoms with van der Waals surface area (Å²) < 4.78 is 2.28. The van der Waals surface area contributed by atoms with Gasteiger partial charge in [0, 0.05) is 28.0 Å². The third kappa shape index (κ3) is 3.39. The van der Waals surface area contributed by atoms with Gasteiger partial charge in [0.15, 0.2) is 6.20 Å². The van der Waals surface area contributed by atoms with E-state index in [-0.39, 0.29) is 10.8 Å². The Morgan fingerprint density at radius 3 is 2.06 bits per heavy atom. The molecule has 36 heavy (non-hydrogen) atoms. The van der Waals surface area contributed by atoms with Gasteiger partial charge in [-0.25, -0.2) is 4.57 Å². The molecule has 182 valence electrons. The lowest BCUT2D eigenvalue weighted by Crippen LogP contribution is -2.41. The summed E-state index contributed by atoms with van der Waals surface area (Å²) in [5.41, 5.74) is 14.3. The van der Waals surface area contributed by atoms with E-state index in [2.05, 4.69) is 118 Å². The van der Waals surface area contributed by atoms with Gasteiger partial charge in [-0.1, -0.05) is 87.7 Å². The second-order valence-corrected chi connectivity index (χ2v) is 11.8. The van der Waals surface area contributed by atoms with Crippen LogP contribution in [0.3, 0.4) is 0 Å². The summed E-state index contributed by atoms with van der Waals surface area (Å²) in [5, 5.41) is 0. The summed E-state index contributed by atoms with van der Waals surface area (Å²) >= 11 is 0. The number of nitrogens with zero attached hydrogens (tertiary/aromatic N) is 1. The zero-order chi connectivity index (χ0) is 25.1. The number of fused-ring (bicyclic) bond motifs is 4. The third-order valence-electron chi connectivity index (χ3n) is 9.24. The predicted molar refractivity (Wildman–Crippen MR) is 150 cm³/mol. The highest BCUT2D eigenvalue weighted by molar-refractivity contribution is 5.75. The van der Waals surface area contributed by atoms with Crippen LogP contribution in [0, 0.1) is 13.8 Å².